The molecule has 0 aromatic carbocycles. The highest BCUT2D eigenvalue weighted by Gasteiger charge is 2.33. The van der Waals surface area contributed by atoms with Crippen LogP contribution in [0.25, 0.3) is 0 Å². The number of hydrogen-bond acceptors (Lipinski definition) is 5. The van der Waals surface area contributed by atoms with E-state index < -0.39 is 11.9 Å². The Labute approximate surface area is 124 Å². The third-order valence-electron chi connectivity index (χ3n) is 2.91. The summed E-state index contributed by atoms with van der Waals surface area (Å²) in [4.78, 5) is 3.48. The summed E-state index contributed by atoms with van der Waals surface area (Å²) >= 11 is 0. The Balaban J connectivity index is 1.89. The summed E-state index contributed by atoms with van der Waals surface area (Å²) in [7, 11) is 0. The van der Waals surface area contributed by atoms with Gasteiger partial charge in [0.1, 0.15) is 30.2 Å². The van der Waals surface area contributed by atoms with Gasteiger partial charge in [0, 0.05) is 13.1 Å². The van der Waals surface area contributed by atoms with Gasteiger partial charge in [0.25, 0.3) is 0 Å². The zero-order valence-corrected chi connectivity index (χ0v) is 11.5. The third kappa shape index (κ3) is 4.18. The van der Waals surface area contributed by atoms with Crippen LogP contribution in [0.5, 0.6) is 0 Å². The number of aryl methyl sites for hydroxylation is 1. The molecule has 2 aromatic heterocycles. The van der Waals surface area contributed by atoms with Gasteiger partial charge in [-0.25, -0.2) is 4.98 Å². The maximum absolute atomic E-state index is 12.6. The fourth-order valence-corrected chi connectivity index (χ4v) is 1.81. The van der Waals surface area contributed by atoms with Crippen LogP contribution in [0.4, 0.5) is 19.0 Å². The van der Waals surface area contributed by atoms with Gasteiger partial charge in [-0.05, 0) is 25.0 Å². The molecular weight excluding hydrogens is 297 g/mol. The predicted molar refractivity (Wildman–Crippen MR) is 71.7 cm³/mol. The summed E-state index contributed by atoms with van der Waals surface area (Å²) in [5.74, 6) is -0.0402. The van der Waals surface area contributed by atoms with Gasteiger partial charge >= 0.3 is 6.18 Å². The van der Waals surface area contributed by atoms with Gasteiger partial charge in [0.2, 0.25) is 0 Å². The lowest BCUT2D eigenvalue weighted by Crippen LogP contribution is -2.12. The van der Waals surface area contributed by atoms with Gasteiger partial charge in [0.05, 0.1) is 5.56 Å². The first-order chi connectivity index (χ1) is 10.5. The Morgan fingerprint density at radius 3 is 2.55 bits per heavy atom. The fraction of sp³-hybridized carbons (Fsp3) is 0.385. The molecule has 0 unspecified atom stereocenters. The van der Waals surface area contributed by atoms with Crippen LogP contribution in [-0.4, -0.2) is 26.3 Å². The van der Waals surface area contributed by atoms with Crippen LogP contribution >= 0.6 is 0 Å². The van der Waals surface area contributed by atoms with Crippen LogP contribution in [0.15, 0.2) is 24.8 Å². The van der Waals surface area contributed by atoms with Crippen LogP contribution in [-0.2, 0) is 12.7 Å². The average Bonchev–Trinajstić information content (AvgIpc) is 2.99. The van der Waals surface area contributed by atoms with Gasteiger partial charge in [-0.3, -0.25) is 0 Å². The molecule has 0 saturated carbocycles. The largest absolute Gasteiger partial charge is 0.433 e. The molecule has 22 heavy (non-hydrogen) atoms. The molecule has 0 radical (unpaired) electrons. The number of anilines is 1. The molecule has 0 amide bonds. The first-order valence-electron chi connectivity index (χ1n) is 6.55. The Bertz CT molecular complexity index is 645. The van der Waals surface area contributed by atoms with Crippen molar-refractivity contribution in [2.45, 2.75) is 25.6 Å². The average molecular weight is 310 g/mol. The van der Waals surface area contributed by atoms with E-state index in [0.29, 0.717) is 13.0 Å². The second kappa shape index (κ2) is 6.89. The van der Waals surface area contributed by atoms with Crippen molar-refractivity contribution in [1.29, 1.82) is 5.26 Å². The van der Waals surface area contributed by atoms with E-state index in [0.717, 1.165) is 25.1 Å². The molecule has 1 N–H and O–H groups in total. The topological polar surface area (TPSA) is 79.4 Å². The molecule has 2 aromatic rings. The van der Waals surface area contributed by atoms with E-state index in [9.17, 15) is 13.2 Å². The number of rotatable bonds is 6. The first kappa shape index (κ1) is 15.8. The highest BCUT2D eigenvalue weighted by Crippen LogP contribution is 2.29. The third-order valence-corrected chi connectivity index (χ3v) is 2.91. The van der Waals surface area contributed by atoms with Crippen molar-refractivity contribution in [3.05, 3.63) is 36.0 Å². The second-order valence-electron chi connectivity index (χ2n) is 4.54. The molecule has 0 atom stereocenters. The number of hydrogen-bond donors (Lipinski definition) is 1. The minimum Gasteiger partial charge on any atom is -0.369 e. The molecule has 9 heteroatoms. The molecule has 6 nitrogen and oxygen atoms in total. The maximum atomic E-state index is 12.6. The van der Waals surface area contributed by atoms with Crippen molar-refractivity contribution in [3.63, 3.8) is 0 Å². The highest BCUT2D eigenvalue weighted by atomic mass is 19.4. The molecule has 0 aliphatic heterocycles. The first-order valence-corrected chi connectivity index (χ1v) is 6.55. The summed E-state index contributed by atoms with van der Waals surface area (Å²) < 4.78 is 39.7. The molecule has 116 valence electrons. The summed E-state index contributed by atoms with van der Waals surface area (Å²) in [5.41, 5.74) is -0.926. The van der Waals surface area contributed by atoms with Crippen molar-refractivity contribution in [2.24, 2.45) is 0 Å². The van der Waals surface area contributed by atoms with Crippen LogP contribution in [0.2, 0.25) is 0 Å². The van der Waals surface area contributed by atoms with Gasteiger partial charge in [0.15, 0.2) is 0 Å². The minimum atomic E-state index is -4.53. The van der Waals surface area contributed by atoms with E-state index in [4.69, 9.17) is 5.26 Å². The van der Waals surface area contributed by atoms with Crippen molar-refractivity contribution >= 4 is 5.82 Å². The van der Waals surface area contributed by atoms with Gasteiger partial charge in [-0.15, -0.1) is 10.2 Å². The summed E-state index contributed by atoms with van der Waals surface area (Å²) in [6.45, 7) is 1.14. The molecule has 0 aliphatic rings. The van der Waals surface area contributed by atoms with E-state index in [1.54, 1.807) is 12.7 Å². The van der Waals surface area contributed by atoms with E-state index in [-0.39, 0.29) is 11.4 Å². The monoisotopic (exact) mass is 310 g/mol. The Morgan fingerprint density at radius 2 is 1.91 bits per heavy atom. The standard InChI is InChI=1S/C13H13F3N6/c14-13(15,16)11-4-3-10(7-17)12(21-11)18-5-1-2-6-22-8-19-20-9-22/h3-4,8-9H,1-2,5-6H2,(H,18,21). The van der Waals surface area contributed by atoms with Crippen molar-refractivity contribution in [1.82, 2.24) is 19.7 Å². The molecule has 0 fully saturated rings. The molecule has 2 heterocycles. The normalized spacial score (nSPS) is 11.2. The second-order valence-corrected chi connectivity index (χ2v) is 4.54. The molecule has 0 saturated heterocycles. The van der Waals surface area contributed by atoms with Crippen molar-refractivity contribution in [2.75, 3.05) is 11.9 Å². The van der Waals surface area contributed by atoms with Gasteiger partial charge in [-0.1, -0.05) is 0 Å². The Kier molecular flexibility index (Phi) is 4.93. The smallest absolute Gasteiger partial charge is 0.369 e. The molecule has 2 rings (SSSR count). The maximum Gasteiger partial charge on any atom is 0.433 e. The van der Waals surface area contributed by atoms with Crippen molar-refractivity contribution in [3.8, 4) is 6.07 Å². The molecule has 0 bridgehead atoms. The van der Waals surface area contributed by atoms with Crippen LogP contribution in [0.1, 0.15) is 24.1 Å². The Hall–Kier alpha value is -2.63. The number of halogens is 3. The van der Waals surface area contributed by atoms with Crippen LogP contribution < -0.4 is 5.32 Å². The number of nitrogens with one attached hydrogen (secondary N) is 1. The van der Waals surface area contributed by atoms with E-state index in [1.165, 1.54) is 0 Å². The molecule has 0 spiro atoms. The minimum absolute atomic E-state index is 0.0402. The molecule has 0 aliphatic carbocycles. The quantitative estimate of drug-likeness (QED) is 0.829. The summed E-state index contributed by atoms with van der Waals surface area (Å²) in [6.07, 6.45) is 0.164. The lowest BCUT2D eigenvalue weighted by atomic mass is 10.2. The Morgan fingerprint density at radius 1 is 1.18 bits per heavy atom. The fourth-order valence-electron chi connectivity index (χ4n) is 1.81. The predicted octanol–water partition coefficient (Wildman–Crippen LogP) is 2.46. The van der Waals surface area contributed by atoms with Gasteiger partial charge < -0.3 is 9.88 Å². The lowest BCUT2D eigenvalue weighted by molar-refractivity contribution is -0.141. The van der Waals surface area contributed by atoms with Gasteiger partial charge in [-0.2, -0.15) is 18.4 Å². The summed E-state index contributed by atoms with van der Waals surface area (Å²) in [5, 5.41) is 19.0. The number of nitriles is 1. The lowest BCUT2D eigenvalue weighted by Gasteiger charge is -2.11. The summed E-state index contributed by atoms with van der Waals surface area (Å²) in [6, 6.07) is 3.75. The number of aromatic nitrogens is 4. The van der Waals surface area contributed by atoms with Crippen LogP contribution in [0, 0.1) is 11.3 Å². The van der Waals surface area contributed by atoms with Crippen molar-refractivity contribution < 1.29 is 13.2 Å². The zero-order chi connectivity index (χ0) is 16.0. The SMILES string of the molecule is N#Cc1ccc(C(F)(F)F)nc1NCCCCn1cnnc1. The number of nitrogens with zero attached hydrogens (tertiary/aromatic N) is 5. The highest BCUT2D eigenvalue weighted by molar-refractivity contribution is 5.52. The zero-order valence-electron chi connectivity index (χ0n) is 11.5. The number of pyridine rings is 1. The number of alkyl halides is 3. The van der Waals surface area contributed by atoms with E-state index in [2.05, 4.69) is 20.5 Å². The van der Waals surface area contributed by atoms with Crippen LogP contribution in [0.3, 0.4) is 0 Å². The molecular formula is C13H13F3N6. The number of unbranched alkanes of at least 4 members (excludes halogenated alkanes) is 1. The van der Waals surface area contributed by atoms with E-state index in [1.807, 2.05) is 10.6 Å². The van der Waals surface area contributed by atoms with E-state index >= 15 is 0 Å².